The molecule has 1 atom stereocenters. The molecule has 1 N–H and O–H groups in total. The van der Waals surface area contributed by atoms with Crippen LogP contribution in [0.1, 0.15) is 24.2 Å². The first-order valence-corrected chi connectivity index (χ1v) is 11.3. The molecule has 0 fully saturated rings. The maximum Gasteiger partial charge on any atom is 0.257 e. The molecule has 1 amide bonds. The van der Waals surface area contributed by atoms with Gasteiger partial charge in [0.15, 0.2) is 11.4 Å². The van der Waals surface area contributed by atoms with Crippen LogP contribution in [0.15, 0.2) is 57.0 Å². The van der Waals surface area contributed by atoms with Gasteiger partial charge >= 0.3 is 0 Å². The number of carbonyl (C=O) groups excluding carboxylic acids is 2. The van der Waals surface area contributed by atoms with E-state index in [2.05, 4.69) is 10.3 Å². The minimum Gasteiger partial charge on any atom is -0.431 e. The molecule has 30 heavy (non-hydrogen) atoms. The third-order valence-electron chi connectivity index (χ3n) is 4.30. The largest absolute Gasteiger partial charge is 0.431 e. The highest BCUT2D eigenvalue weighted by molar-refractivity contribution is 8.00. The Balaban J connectivity index is 1.74. The number of oxazole rings is 1. The molecule has 0 saturated carbocycles. The van der Waals surface area contributed by atoms with Crippen molar-refractivity contribution in [3.8, 4) is 0 Å². The fourth-order valence-corrected chi connectivity index (χ4v) is 4.25. The van der Waals surface area contributed by atoms with Crippen LogP contribution in [0.4, 0.5) is 5.69 Å². The van der Waals surface area contributed by atoms with E-state index in [4.69, 9.17) is 4.42 Å². The van der Waals surface area contributed by atoms with Gasteiger partial charge in [-0.2, -0.15) is 0 Å². The molecule has 8 nitrogen and oxygen atoms in total. The van der Waals surface area contributed by atoms with Crippen molar-refractivity contribution < 1.29 is 22.4 Å². The molecule has 0 saturated heterocycles. The molecule has 3 rings (SSSR count). The first kappa shape index (κ1) is 22.0. The summed E-state index contributed by atoms with van der Waals surface area (Å²) in [4.78, 5) is 28.4. The summed E-state index contributed by atoms with van der Waals surface area (Å²) in [5, 5.41) is 2.48. The number of thioether (sulfide) groups is 1. The van der Waals surface area contributed by atoms with E-state index >= 15 is 0 Å². The zero-order valence-corrected chi connectivity index (χ0v) is 18.5. The van der Waals surface area contributed by atoms with Gasteiger partial charge in [0.1, 0.15) is 5.52 Å². The molecule has 0 bridgehead atoms. The first-order chi connectivity index (χ1) is 14.1. The van der Waals surface area contributed by atoms with Gasteiger partial charge < -0.3 is 9.73 Å². The number of Topliss-reactive ketones (excluding diaryl/α,β-unsaturated/α-hetero) is 1. The van der Waals surface area contributed by atoms with Gasteiger partial charge in [-0.3, -0.25) is 9.59 Å². The molecule has 158 valence electrons. The predicted octanol–water partition coefficient (Wildman–Crippen LogP) is 3.40. The quantitative estimate of drug-likeness (QED) is 0.437. The Morgan fingerprint density at radius 1 is 1.17 bits per heavy atom. The number of benzene rings is 2. The summed E-state index contributed by atoms with van der Waals surface area (Å²) in [6, 6.07) is 11.1. The van der Waals surface area contributed by atoms with E-state index in [9.17, 15) is 18.0 Å². The molecule has 0 aliphatic carbocycles. The summed E-state index contributed by atoms with van der Waals surface area (Å²) in [5.41, 5.74) is 1.85. The third kappa shape index (κ3) is 4.72. The first-order valence-electron chi connectivity index (χ1n) is 8.99. The summed E-state index contributed by atoms with van der Waals surface area (Å²) < 4.78 is 31.3. The van der Waals surface area contributed by atoms with Gasteiger partial charge in [-0.05, 0) is 44.2 Å². The third-order valence-corrected chi connectivity index (χ3v) is 7.06. The van der Waals surface area contributed by atoms with E-state index in [1.165, 1.54) is 33.2 Å². The van der Waals surface area contributed by atoms with Crippen LogP contribution in [0.3, 0.4) is 0 Å². The summed E-state index contributed by atoms with van der Waals surface area (Å²) in [5.74, 6) is -0.366. The van der Waals surface area contributed by atoms with Crippen LogP contribution in [0.5, 0.6) is 0 Å². The number of anilines is 1. The van der Waals surface area contributed by atoms with Crippen LogP contribution in [-0.2, 0) is 14.8 Å². The normalized spacial score (nSPS) is 12.8. The second-order valence-corrected chi connectivity index (χ2v) is 10.2. The smallest absolute Gasteiger partial charge is 0.257 e. The Hall–Kier alpha value is -2.69. The fraction of sp³-hybridized carbons (Fsp3) is 0.250. The molecule has 0 radical (unpaired) electrons. The van der Waals surface area contributed by atoms with Gasteiger partial charge in [0.2, 0.25) is 15.9 Å². The molecule has 1 heterocycles. The average molecular weight is 448 g/mol. The number of carbonyl (C=O) groups is 2. The highest BCUT2D eigenvalue weighted by Crippen LogP contribution is 2.29. The number of hydrogen-bond donors (Lipinski definition) is 1. The Labute approximate surface area is 178 Å². The highest BCUT2D eigenvalue weighted by Gasteiger charge is 2.21. The summed E-state index contributed by atoms with van der Waals surface area (Å²) in [7, 11) is -0.674. The van der Waals surface area contributed by atoms with Gasteiger partial charge in [0, 0.05) is 25.3 Å². The maximum atomic E-state index is 12.5. The standard InChI is InChI=1S/C20H21N3O5S2/c1-12(24)14-6-5-7-15(10-14)21-19(25)13(2)29-20-22-17-11-16(8-9-18(17)28-20)30(26,27)23(3)4/h5-11,13H,1-4H3,(H,21,25)/t13-/m0/s1. The topological polar surface area (TPSA) is 110 Å². The number of aromatic nitrogens is 1. The number of fused-ring (bicyclic) bond motifs is 1. The Morgan fingerprint density at radius 3 is 2.57 bits per heavy atom. The van der Waals surface area contributed by atoms with E-state index in [0.29, 0.717) is 22.4 Å². The van der Waals surface area contributed by atoms with Gasteiger partial charge in [-0.1, -0.05) is 23.9 Å². The van der Waals surface area contributed by atoms with E-state index < -0.39 is 15.3 Å². The molecule has 0 spiro atoms. The average Bonchev–Trinajstić information content (AvgIpc) is 3.09. The lowest BCUT2D eigenvalue weighted by atomic mass is 10.1. The second-order valence-electron chi connectivity index (χ2n) is 6.78. The summed E-state index contributed by atoms with van der Waals surface area (Å²) in [6.07, 6.45) is 0. The number of nitrogens with zero attached hydrogens (tertiary/aromatic N) is 2. The van der Waals surface area contributed by atoms with Gasteiger partial charge in [-0.25, -0.2) is 17.7 Å². The van der Waals surface area contributed by atoms with Crippen LogP contribution in [0.2, 0.25) is 0 Å². The predicted molar refractivity (Wildman–Crippen MR) is 115 cm³/mol. The highest BCUT2D eigenvalue weighted by atomic mass is 32.2. The van der Waals surface area contributed by atoms with Crippen molar-refractivity contribution in [2.24, 2.45) is 0 Å². The van der Waals surface area contributed by atoms with Crippen LogP contribution in [-0.4, -0.2) is 48.7 Å². The number of nitrogens with one attached hydrogen (secondary N) is 1. The van der Waals surface area contributed by atoms with E-state index in [1.54, 1.807) is 37.3 Å². The van der Waals surface area contributed by atoms with Crippen LogP contribution >= 0.6 is 11.8 Å². The zero-order valence-electron chi connectivity index (χ0n) is 16.9. The van der Waals surface area contributed by atoms with Crippen molar-refractivity contribution >= 4 is 50.3 Å². The molecule has 0 aliphatic rings. The van der Waals surface area contributed by atoms with Crippen molar-refractivity contribution in [1.29, 1.82) is 0 Å². The molecule has 1 aromatic heterocycles. The van der Waals surface area contributed by atoms with Crippen molar-refractivity contribution in [3.63, 3.8) is 0 Å². The summed E-state index contributed by atoms with van der Waals surface area (Å²) >= 11 is 1.11. The van der Waals surface area contributed by atoms with Crippen LogP contribution in [0.25, 0.3) is 11.1 Å². The van der Waals surface area contributed by atoms with Gasteiger partial charge in [0.25, 0.3) is 5.22 Å². The Kier molecular flexibility index (Phi) is 6.30. The minimum absolute atomic E-state index is 0.0874. The monoisotopic (exact) mass is 447 g/mol. The van der Waals surface area contributed by atoms with Crippen molar-refractivity contribution in [2.75, 3.05) is 19.4 Å². The fourth-order valence-electron chi connectivity index (χ4n) is 2.57. The SMILES string of the molecule is CC(=O)c1cccc(NC(=O)[C@H](C)Sc2nc3cc(S(=O)(=O)N(C)C)ccc3o2)c1. The second kappa shape index (κ2) is 8.58. The van der Waals surface area contributed by atoms with Gasteiger partial charge in [0.05, 0.1) is 10.1 Å². The molecule has 10 heteroatoms. The Bertz CT molecular complexity index is 1220. The number of rotatable bonds is 7. The number of hydrogen-bond acceptors (Lipinski definition) is 7. The molecular weight excluding hydrogens is 426 g/mol. The lowest BCUT2D eigenvalue weighted by Crippen LogP contribution is -2.22. The molecular formula is C20H21N3O5S2. The maximum absolute atomic E-state index is 12.5. The van der Waals surface area contributed by atoms with E-state index in [-0.39, 0.29) is 21.8 Å². The minimum atomic E-state index is -3.58. The van der Waals surface area contributed by atoms with Crippen LogP contribution < -0.4 is 5.32 Å². The van der Waals surface area contributed by atoms with Crippen molar-refractivity contribution in [1.82, 2.24) is 9.29 Å². The number of amides is 1. The lowest BCUT2D eigenvalue weighted by molar-refractivity contribution is -0.115. The molecule has 0 aliphatic heterocycles. The van der Waals surface area contributed by atoms with Gasteiger partial charge in [-0.15, -0.1) is 0 Å². The Morgan fingerprint density at radius 2 is 1.90 bits per heavy atom. The van der Waals surface area contributed by atoms with E-state index in [1.807, 2.05) is 0 Å². The van der Waals surface area contributed by atoms with Crippen LogP contribution in [0, 0.1) is 0 Å². The van der Waals surface area contributed by atoms with Crippen molar-refractivity contribution in [2.45, 2.75) is 29.2 Å². The molecule has 0 unspecified atom stereocenters. The number of ketones is 1. The zero-order chi connectivity index (χ0) is 22.1. The summed E-state index contributed by atoms with van der Waals surface area (Å²) in [6.45, 7) is 3.16. The number of sulfonamides is 1. The lowest BCUT2D eigenvalue weighted by Gasteiger charge is -2.10. The molecule has 2 aromatic carbocycles. The van der Waals surface area contributed by atoms with Crippen molar-refractivity contribution in [3.05, 3.63) is 48.0 Å². The van der Waals surface area contributed by atoms with E-state index in [0.717, 1.165) is 16.1 Å². The molecule has 3 aromatic rings.